The standard InChI is InChI=1S/C5H2Cl2F4N4O2/c6-4(8,9)16-2-13-1(12)14-3(15-2)17-5(7,10)11/h(H2,12,13,14,15). The maximum absolute atomic E-state index is 12.2. The summed E-state index contributed by atoms with van der Waals surface area (Å²) in [5, 5.41) is 0. The second-order valence-electron chi connectivity index (χ2n) is 2.35. The third-order valence-electron chi connectivity index (χ3n) is 1.03. The maximum Gasteiger partial charge on any atom is 0.489 e. The molecule has 12 heteroatoms. The van der Waals surface area contributed by atoms with E-state index in [9.17, 15) is 17.6 Å². The second-order valence-corrected chi connectivity index (χ2v) is 3.23. The number of nitrogens with two attached hydrogens (primary N) is 1. The summed E-state index contributed by atoms with van der Waals surface area (Å²) in [6.45, 7) is 0. The van der Waals surface area contributed by atoms with Crippen LogP contribution in [0.5, 0.6) is 12.0 Å². The van der Waals surface area contributed by atoms with Crippen LogP contribution in [-0.2, 0) is 0 Å². The van der Waals surface area contributed by atoms with Crippen molar-refractivity contribution < 1.29 is 27.0 Å². The van der Waals surface area contributed by atoms with Crippen molar-refractivity contribution in [3.63, 3.8) is 0 Å². The molecule has 96 valence electrons. The number of nitrogen functional groups attached to an aromatic ring is 1. The number of nitrogens with zero attached hydrogens (tertiary/aromatic N) is 3. The van der Waals surface area contributed by atoms with Crippen molar-refractivity contribution >= 4 is 29.2 Å². The highest BCUT2D eigenvalue weighted by atomic mass is 35.5. The first-order valence-electron chi connectivity index (χ1n) is 3.58. The van der Waals surface area contributed by atoms with Gasteiger partial charge in [-0.25, -0.2) is 0 Å². The summed E-state index contributed by atoms with van der Waals surface area (Å²) >= 11 is 8.79. The Balaban J connectivity index is 2.95. The molecular weight excluding hydrogens is 295 g/mol. The fourth-order valence-corrected chi connectivity index (χ4v) is 0.789. The molecule has 0 unspecified atom stereocenters. The Morgan fingerprint density at radius 1 is 0.882 bits per heavy atom. The van der Waals surface area contributed by atoms with Gasteiger partial charge in [-0.3, -0.25) is 0 Å². The van der Waals surface area contributed by atoms with Crippen LogP contribution in [0.15, 0.2) is 0 Å². The molecule has 0 amide bonds. The number of hydrogen-bond donors (Lipinski definition) is 1. The monoisotopic (exact) mass is 296 g/mol. The van der Waals surface area contributed by atoms with Crippen LogP contribution in [0.4, 0.5) is 23.5 Å². The molecule has 0 bridgehead atoms. The molecule has 2 N–H and O–H groups in total. The molecule has 1 aromatic rings. The summed E-state index contributed by atoms with van der Waals surface area (Å²) < 4.78 is 56.1. The summed E-state index contributed by atoms with van der Waals surface area (Å²) in [5.41, 5.74) is -3.29. The van der Waals surface area contributed by atoms with Gasteiger partial charge in [0.1, 0.15) is 0 Å². The highest BCUT2D eigenvalue weighted by molar-refractivity contribution is 6.21. The van der Waals surface area contributed by atoms with E-state index in [4.69, 9.17) is 5.73 Å². The number of ether oxygens (including phenoxy) is 2. The lowest BCUT2D eigenvalue weighted by Gasteiger charge is -2.11. The molecule has 17 heavy (non-hydrogen) atoms. The molecule has 6 nitrogen and oxygen atoms in total. The Labute approximate surface area is 101 Å². The van der Waals surface area contributed by atoms with Crippen molar-refractivity contribution in [1.29, 1.82) is 0 Å². The summed E-state index contributed by atoms with van der Waals surface area (Å²) in [7, 11) is 0. The minimum atomic E-state index is -4.14. The van der Waals surface area contributed by atoms with Gasteiger partial charge >= 0.3 is 23.2 Å². The van der Waals surface area contributed by atoms with E-state index in [0.29, 0.717) is 0 Å². The molecule has 0 spiro atoms. The Morgan fingerprint density at radius 3 is 1.53 bits per heavy atom. The first kappa shape index (κ1) is 13.8. The third-order valence-corrected chi connectivity index (χ3v) is 1.18. The first-order chi connectivity index (χ1) is 7.55. The van der Waals surface area contributed by atoms with Crippen LogP contribution >= 0.6 is 23.2 Å². The molecule has 0 saturated heterocycles. The van der Waals surface area contributed by atoms with Gasteiger partial charge in [-0.1, -0.05) is 0 Å². The Kier molecular flexibility index (Phi) is 3.67. The lowest BCUT2D eigenvalue weighted by Crippen LogP contribution is -2.21. The van der Waals surface area contributed by atoms with Crippen molar-refractivity contribution in [2.75, 3.05) is 5.73 Å². The van der Waals surface area contributed by atoms with Gasteiger partial charge in [0.2, 0.25) is 5.95 Å². The second kappa shape index (κ2) is 4.53. The van der Waals surface area contributed by atoms with E-state index < -0.39 is 29.1 Å². The largest absolute Gasteiger partial charge is 0.489 e. The lowest BCUT2D eigenvalue weighted by atomic mass is 10.9. The van der Waals surface area contributed by atoms with E-state index in [2.05, 4.69) is 47.6 Å². The Hall–Kier alpha value is -1.29. The molecule has 0 aliphatic rings. The molecule has 1 aromatic heterocycles. The SMILES string of the molecule is Nc1nc(OC(F)(F)Cl)nc(OC(F)(F)Cl)n1. The molecule has 1 heterocycles. The fourth-order valence-electron chi connectivity index (χ4n) is 0.651. The van der Waals surface area contributed by atoms with Crippen LogP contribution in [-0.4, -0.2) is 26.1 Å². The van der Waals surface area contributed by atoms with Crippen molar-refractivity contribution in [2.24, 2.45) is 0 Å². The number of halogens is 6. The van der Waals surface area contributed by atoms with E-state index in [0.717, 1.165) is 0 Å². The third kappa shape index (κ3) is 5.54. The highest BCUT2D eigenvalue weighted by Gasteiger charge is 2.32. The zero-order valence-electron chi connectivity index (χ0n) is 7.50. The van der Waals surface area contributed by atoms with E-state index in [1.165, 1.54) is 0 Å². The van der Waals surface area contributed by atoms with Crippen LogP contribution in [0.1, 0.15) is 0 Å². The molecule has 1 rings (SSSR count). The summed E-state index contributed by atoms with van der Waals surface area (Å²) in [6, 6.07) is -2.21. The van der Waals surface area contributed by atoms with Crippen LogP contribution < -0.4 is 15.2 Å². The molecule has 0 saturated carbocycles. The van der Waals surface area contributed by atoms with Crippen LogP contribution in [0.2, 0.25) is 0 Å². The van der Waals surface area contributed by atoms with Crippen LogP contribution in [0, 0.1) is 0 Å². The van der Waals surface area contributed by atoms with Gasteiger partial charge in [0, 0.05) is 23.2 Å². The van der Waals surface area contributed by atoms with Gasteiger partial charge in [-0.05, 0) is 0 Å². The number of anilines is 1. The molecule has 0 aromatic carbocycles. The van der Waals surface area contributed by atoms with Crippen molar-refractivity contribution in [3.05, 3.63) is 0 Å². The van der Waals surface area contributed by atoms with E-state index in [-0.39, 0.29) is 0 Å². The predicted molar refractivity (Wildman–Crippen MR) is 47.1 cm³/mol. The Morgan fingerprint density at radius 2 is 1.24 bits per heavy atom. The molecular formula is C5H2Cl2F4N4O2. The molecule has 0 fully saturated rings. The predicted octanol–water partition coefficient (Wildman–Crippen LogP) is 1.79. The maximum atomic E-state index is 12.2. The quantitative estimate of drug-likeness (QED) is 0.674. The van der Waals surface area contributed by atoms with Gasteiger partial charge < -0.3 is 15.2 Å². The fraction of sp³-hybridized carbons (Fsp3) is 0.400. The number of aromatic nitrogens is 3. The van der Waals surface area contributed by atoms with Gasteiger partial charge in [-0.2, -0.15) is 9.97 Å². The summed E-state index contributed by atoms with van der Waals surface area (Å²) in [4.78, 5) is 9.03. The summed E-state index contributed by atoms with van der Waals surface area (Å²) in [6.07, 6.45) is 0. The minimum Gasteiger partial charge on any atom is -0.385 e. The molecule has 0 aliphatic carbocycles. The van der Waals surface area contributed by atoms with Crippen molar-refractivity contribution in [3.8, 4) is 12.0 Å². The topological polar surface area (TPSA) is 83.2 Å². The molecule has 0 radical (unpaired) electrons. The Bertz CT molecular complexity index is 376. The lowest BCUT2D eigenvalue weighted by molar-refractivity contribution is -0.109. The smallest absolute Gasteiger partial charge is 0.385 e. The number of alkyl halides is 6. The van der Waals surface area contributed by atoms with Gasteiger partial charge in [0.15, 0.2) is 0 Å². The molecule has 0 aliphatic heterocycles. The van der Waals surface area contributed by atoms with Crippen molar-refractivity contribution in [2.45, 2.75) is 11.1 Å². The average molecular weight is 297 g/mol. The van der Waals surface area contributed by atoms with Gasteiger partial charge in [-0.15, -0.1) is 22.5 Å². The van der Waals surface area contributed by atoms with Gasteiger partial charge in [0.05, 0.1) is 0 Å². The van der Waals surface area contributed by atoms with Gasteiger partial charge in [0.25, 0.3) is 0 Å². The average Bonchev–Trinajstić information content (AvgIpc) is 1.93. The number of rotatable bonds is 4. The van der Waals surface area contributed by atoms with E-state index >= 15 is 0 Å². The first-order valence-corrected chi connectivity index (χ1v) is 4.34. The number of hydrogen-bond acceptors (Lipinski definition) is 6. The minimum absolute atomic E-state index is 0.702. The van der Waals surface area contributed by atoms with Crippen molar-refractivity contribution in [1.82, 2.24) is 15.0 Å². The van der Waals surface area contributed by atoms with Crippen LogP contribution in [0.3, 0.4) is 0 Å². The van der Waals surface area contributed by atoms with E-state index in [1.54, 1.807) is 0 Å². The molecule has 0 atom stereocenters. The normalized spacial score (nSPS) is 12.4. The zero-order valence-corrected chi connectivity index (χ0v) is 9.02. The van der Waals surface area contributed by atoms with E-state index in [1.807, 2.05) is 0 Å². The van der Waals surface area contributed by atoms with Crippen LogP contribution in [0.25, 0.3) is 0 Å². The summed E-state index contributed by atoms with van der Waals surface area (Å²) in [5.74, 6) is -0.702. The zero-order chi connectivity index (χ0) is 13.3. The highest BCUT2D eigenvalue weighted by Crippen LogP contribution is 2.26.